The second-order valence-electron chi connectivity index (χ2n) is 9.66. The van der Waals surface area contributed by atoms with Gasteiger partial charge in [-0.3, -0.25) is 9.20 Å². The van der Waals surface area contributed by atoms with Gasteiger partial charge in [0.05, 0.1) is 22.5 Å². The summed E-state index contributed by atoms with van der Waals surface area (Å²) in [7, 11) is -1.27. The molecule has 0 amide bonds. The maximum absolute atomic E-state index is 13.5. The van der Waals surface area contributed by atoms with Crippen LogP contribution in [-0.2, 0) is 16.4 Å². The number of pyridine rings is 1. The lowest BCUT2D eigenvalue weighted by Gasteiger charge is -2.30. The number of imidazole rings is 1. The number of aryl methyl sites for hydroxylation is 1. The third-order valence-electron chi connectivity index (χ3n) is 7.07. The van der Waals surface area contributed by atoms with Gasteiger partial charge in [-0.25, -0.2) is 27.1 Å². The minimum Gasteiger partial charge on any atom is -0.305 e. The Hall–Kier alpha value is -3.15. The average Bonchev–Trinajstić information content (AvgIpc) is 3.50. The van der Waals surface area contributed by atoms with Crippen molar-refractivity contribution in [2.24, 2.45) is 0 Å². The molecule has 0 N–H and O–H groups in total. The number of carbonyl (C=O) groups excluding carboxylic acids is 1. The van der Waals surface area contributed by atoms with Crippen LogP contribution in [0.1, 0.15) is 53.5 Å². The van der Waals surface area contributed by atoms with Crippen molar-refractivity contribution in [2.75, 3.05) is 31.3 Å². The van der Waals surface area contributed by atoms with Crippen LogP contribution in [0, 0.1) is 5.82 Å². The van der Waals surface area contributed by atoms with Gasteiger partial charge in [0, 0.05) is 38.8 Å². The Bertz CT molecular complexity index is 1600. The molecule has 8 nitrogen and oxygen atoms in total. The van der Waals surface area contributed by atoms with Gasteiger partial charge in [0.15, 0.2) is 10.9 Å². The minimum atomic E-state index is -3.18. The number of sulfonamides is 1. The molecule has 0 saturated carbocycles. The van der Waals surface area contributed by atoms with Crippen LogP contribution in [0.25, 0.3) is 16.9 Å². The van der Waals surface area contributed by atoms with Crippen LogP contribution in [0.3, 0.4) is 0 Å². The fraction of sp³-hybridized carbons (Fsp3) is 0.370. The van der Waals surface area contributed by atoms with Gasteiger partial charge in [0.1, 0.15) is 17.3 Å². The second kappa shape index (κ2) is 10.2. The SMILES string of the molecule is CCc1nc2ccc(C3CCN(S(C)(=O)=O)CC3)cn2c1N(C)c1nc(-c2ccc(F)cc2)c(C(C)=O)s1. The Labute approximate surface area is 225 Å². The normalized spacial score (nSPS) is 15.3. The highest BCUT2D eigenvalue weighted by molar-refractivity contribution is 7.88. The summed E-state index contributed by atoms with van der Waals surface area (Å²) in [5, 5.41) is 0.637. The van der Waals surface area contributed by atoms with Gasteiger partial charge in [-0.2, -0.15) is 0 Å². The fourth-order valence-electron chi connectivity index (χ4n) is 5.04. The molecule has 11 heteroatoms. The number of anilines is 2. The van der Waals surface area contributed by atoms with Gasteiger partial charge in [-0.15, -0.1) is 0 Å². The summed E-state index contributed by atoms with van der Waals surface area (Å²) >= 11 is 1.30. The number of Topliss-reactive ketones (excluding diaryl/α,β-unsaturated/α-hetero) is 1. The summed E-state index contributed by atoms with van der Waals surface area (Å²) in [6, 6.07) is 10.1. The molecule has 1 aliphatic rings. The number of carbonyl (C=O) groups is 1. The maximum atomic E-state index is 13.5. The van der Waals surface area contributed by atoms with E-state index in [9.17, 15) is 17.6 Å². The van der Waals surface area contributed by atoms with Gasteiger partial charge in [-0.1, -0.05) is 24.3 Å². The molecule has 1 aromatic carbocycles. The van der Waals surface area contributed by atoms with E-state index in [1.54, 1.807) is 16.4 Å². The van der Waals surface area contributed by atoms with E-state index in [0.29, 0.717) is 40.8 Å². The third kappa shape index (κ3) is 4.97. The quantitative estimate of drug-likeness (QED) is 0.289. The first kappa shape index (κ1) is 26.5. The van der Waals surface area contributed by atoms with Crippen molar-refractivity contribution in [3.8, 4) is 11.3 Å². The number of aromatic nitrogens is 3. The summed E-state index contributed by atoms with van der Waals surface area (Å²) in [5.41, 5.74) is 4.07. The lowest BCUT2D eigenvalue weighted by molar-refractivity contribution is 0.102. The van der Waals surface area contributed by atoms with Gasteiger partial charge < -0.3 is 4.90 Å². The number of fused-ring (bicyclic) bond motifs is 1. The van der Waals surface area contributed by atoms with Crippen LogP contribution in [0.5, 0.6) is 0 Å². The van der Waals surface area contributed by atoms with E-state index in [2.05, 4.69) is 16.7 Å². The van der Waals surface area contributed by atoms with Crippen LogP contribution >= 0.6 is 11.3 Å². The molecule has 0 bridgehead atoms. The molecular weight excluding hydrogens is 525 g/mol. The molecular formula is C27H30FN5O3S2. The number of rotatable bonds is 7. The summed E-state index contributed by atoms with van der Waals surface area (Å²) in [4.78, 5) is 24.6. The zero-order chi connectivity index (χ0) is 27.2. The van der Waals surface area contributed by atoms with Gasteiger partial charge in [-0.05, 0) is 61.1 Å². The molecule has 0 radical (unpaired) electrons. The summed E-state index contributed by atoms with van der Waals surface area (Å²) in [6.07, 6.45) is 5.58. The van der Waals surface area contributed by atoms with E-state index < -0.39 is 10.0 Å². The highest BCUT2D eigenvalue weighted by Gasteiger charge is 2.27. The number of benzene rings is 1. The Morgan fingerprint density at radius 1 is 1.13 bits per heavy atom. The number of hydrogen-bond donors (Lipinski definition) is 0. The van der Waals surface area contributed by atoms with Crippen molar-refractivity contribution >= 4 is 43.7 Å². The molecule has 4 aromatic rings. The monoisotopic (exact) mass is 555 g/mol. The number of nitrogens with zero attached hydrogens (tertiary/aromatic N) is 5. The highest BCUT2D eigenvalue weighted by atomic mass is 32.2. The zero-order valence-corrected chi connectivity index (χ0v) is 23.4. The number of halogens is 1. The van der Waals surface area contributed by atoms with E-state index in [4.69, 9.17) is 9.97 Å². The molecule has 38 heavy (non-hydrogen) atoms. The number of piperidine rings is 1. The van der Waals surface area contributed by atoms with Gasteiger partial charge in [0.2, 0.25) is 10.0 Å². The standard InChI is InChI=1S/C27H30FN5O3S2/c1-5-22-26(31(3)27-30-24(25(37-27)17(2)34)19-6-9-21(28)10-7-19)33-16-20(8-11-23(33)29-22)18-12-14-32(15-13-18)38(4,35)36/h6-11,16,18H,5,12-15H2,1-4H3. The predicted molar refractivity (Wildman–Crippen MR) is 149 cm³/mol. The highest BCUT2D eigenvalue weighted by Crippen LogP contribution is 2.38. The van der Waals surface area contributed by atoms with E-state index in [1.807, 2.05) is 24.9 Å². The molecule has 0 atom stereocenters. The topological polar surface area (TPSA) is 87.9 Å². The molecule has 0 aliphatic carbocycles. The lowest BCUT2D eigenvalue weighted by Crippen LogP contribution is -2.37. The van der Waals surface area contributed by atoms with E-state index >= 15 is 0 Å². The molecule has 1 aliphatic heterocycles. The zero-order valence-electron chi connectivity index (χ0n) is 21.8. The maximum Gasteiger partial charge on any atom is 0.211 e. The molecule has 5 rings (SSSR count). The van der Waals surface area contributed by atoms with E-state index in [-0.39, 0.29) is 17.5 Å². The third-order valence-corrected chi connectivity index (χ3v) is 9.61. The largest absolute Gasteiger partial charge is 0.305 e. The Morgan fingerprint density at radius 3 is 2.42 bits per heavy atom. The molecule has 1 fully saturated rings. The molecule has 4 heterocycles. The summed E-state index contributed by atoms with van der Waals surface area (Å²) in [6.45, 7) is 4.58. The smallest absolute Gasteiger partial charge is 0.211 e. The Kier molecular flexibility index (Phi) is 7.10. The second-order valence-corrected chi connectivity index (χ2v) is 12.6. The summed E-state index contributed by atoms with van der Waals surface area (Å²) < 4.78 is 41.0. The number of thiazole rings is 1. The number of hydrogen-bond acceptors (Lipinski definition) is 7. The molecule has 0 unspecified atom stereocenters. The van der Waals surface area contributed by atoms with Crippen LogP contribution in [0.4, 0.5) is 15.3 Å². The van der Waals surface area contributed by atoms with E-state index in [1.165, 1.54) is 36.6 Å². The van der Waals surface area contributed by atoms with Crippen LogP contribution in [0.15, 0.2) is 42.6 Å². The van der Waals surface area contributed by atoms with Crippen molar-refractivity contribution < 1.29 is 17.6 Å². The van der Waals surface area contributed by atoms with Crippen molar-refractivity contribution in [3.63, 3.8) is 0 Å². The average molecular weight is 556 g/mol. The fourth-order valence-corrected chi connectivity index (χ4v) is 6.86. The first-order valence-corrected chi connectivity index (χ1v) is 15.2. The van der Waals surface area contributed by atoms with Crippen molar-refractivity contribution in [2.45, 2.75) is 39.0 Å². The van der Waals surface area contributed by atoms with Gasteiger partial charge in [0.25, 0.3) is 0 Å². The molecule has 3 aromatic heterocycles. The first-order chi connectivity index (χ1) is 18.1. The predicted octanol–water partition coefficient (Wildman–Crippen LogP) is 5.27. The molecule has 200 valence electrons. The van der Waals surface area contributed by atoms with Gasteiger partial charge >= 0.3 is 0 Å². The molecule has 1 saturated heterocycles. The molecule has 0 spiro atoms. The Morgan fingerprint density at radius 2 is 1.82 bits per heavy atom. The number of ketones is 1. The van der Waals surface area contributed by atoms with Crippen LogP contribution < -0.4 is 4.90 Å². The summed E-state index contributed by atoms with van der Waals surface area (Å²) in [5.74, 6) is 0.671. The van der Waals surface area contributed by atoms with Crippen molar-refractivity contribution in [3.05, 3.63) is 64.5 Å². The van der Waals surface area contributed by atoms with E-state index in [0.717, 1.165) is 35.6 Å². The first-order valence-electron chi connectivity index (χ1n) is 12.5. The Balaban J connectivity index is 1.53. The van der Waals surface area contributed by atoms with Crippen molar-refractivity contribution in [1.82, 2.24) is 18.7 Å². The van der Waals surface area contributed by atoms with Crippen LogP contribution in [-0.4, -0.2) is 59.3 Å². The van der Waals surface area contributed by atoms with Crippen molar-refractivity contribution in [1.29, 1.82) is 0 Å². The van der Waals surface area contributed by atoms with Crippen LogP contribution in [0.2, 0.25) is 0 Å². The lowest BCUT2D eigenvalue weighted by atomic mass is 9.91. The minimum absolute atomic E-state index is 0.0990.